The topological polar surface area (TPSA) is 38.5 Å². The normalized spacial score (nSPS) is 18.1. The Bertz CT molecular complexity index is 411. The summed E-state index contributed by atoms with van der Waals surface area (Å²) in [4.78, 5) is 2.40. The predicted molar refractivity (Wildman–Crippen MR) is 80.9 cm³/mol. The summed E-state index contributed by atoms with van der Waals surface area (Å²) >= 11 is 0. The Morgan fingerprint density at radius 3 is 2.53 bits per heavy atom. The second-order valence-corrected chi connectivity index (χ2v) is 5.58. The fraction of sp³-hybridized carbons (Fsp3) is 0.625. The van der Waals surface area contributed by atoms with E-state index in [1.165, 1.54) is 37.8 Å². The molecule has 3 nitrogen and oxygen atoms in total. The van der Waals surface area contributed by atoms with Crippen molar-refractivity contribution in [3.63, 3.8) is 0 Å². The zero-order chi connectivity index (χ0) is 13.8. The zero-order valence-corrected chi connectivity index (χ0v) is 12.4. The van der Waals surface area contributed by atoms with E-state index in [0.717, 1.165) is 11.3 Å². The molecule has 1 fully saturated rings. The first-order valence-electron chi connectivity index (χ1n) is 7.30. The smallest absolute Gasteiger partial charge is 0.125 e. The van der Waals surface area contributed by atoms with Gasteiger partial charge in [0.15, 0.2) is 0 Å². The summed E-state index contributed by atoms with van der Waals surface area (Å²) in [5.41, 5.74) is 8.50. The third-order valence-corrected chi connectivity index (χ3v) is 4.22. The number of hydrogen-bond donors (Lipinski definition) is 1. The van der Waals surface area contributed by atoms with Crippen molar-refractivity contribution in [2.75, 3.05) is 19.1 Å². The van der Waals surface area contributed by atoms with Crippen LogP contribution in [-0.2, 0) is 0 Å². The van der Waals surface area contributed by atoms with E-state index in [9.17, 15) is 0 Å². The maximum absolute atomic E-state index is 6.15. The van der Waals surface area contributed by atoms with Crippen LogP contribution in [-0.4, -0.2) is 20.2 Å². The lowest BCUT2D eigenvalue weighted by molar-refractivity contribution is 0.404. The van der Waals surface area contributed by atoms with Gasteiger partial charge in [0.2, 0.25) is 0 Å². The average molecular weight is 262 g/mol. The summed E-state index contributed by atoms with van der Waals surface area (Å²) in [6.45, 7) is 2.02. The van der Waals surface area contributed by atoms with Gasteiger partial charge in [0.1, 0.15) is 5.75 Å². The molecule has 1 aliphatic rings. The van der Waals surface area contributed by atoms with Gasteiger partial charge in [-0.15, -0.1) is 0 Å². The van der Waals surface area contributed by atoms with Crippen molar-refractivity contribution in [2.45, 2.75) is 51.1 Å². The van der Waals surface area contributed by atoms with Gasteiger partial charge in [-0.25, -0.2) is 0 Å². The van der Waals surface area contributed by atoms with E-state index in [-0.39, 0.29) is 6.04 Å². The van der Waals surface area contributed by atoms with Crippen LogP contribution >= 0.6 is 0 Å². The van der Waals surface area contributed by atoms with E-state index < -0.39 is 0 Å². The molecule has 1 atom stereocenters. The second kappa shape index (κ2) is 6.29. The fourth-order valence-electron chi connectivity index (χ4n) is 3.14. The number of nitrogens with zero attached hydrogens (tertiary/aromatic N) is 1. The van der Waals surface area contributed by atoms with Gasteiger partial charge in [-0.3, -0.25) is 0 Å². The first-order chi connectivity index (χ1) is 9.15. The van der Waals surface area contributed by atoms with Gasteiger partial charge in [0, 0.05) is 30.4 Å². The summed E-state index contributed by atoms with van der Waals surface area (Å²) in [5.74, 6) is 0.898. The monoisotopic (exact) mass is 262 g/mol. The molecule has 1 aromatic carbocycles. The van der Waals surface area contributed by atoms with Gasteiger partial charge >= 0.3 is 0 Å². The Morgan fingerprint density at radius 2 is 1.95 bits per heavy atom. The highest BCUT2D eigenvalue weighted by molar-refractivity contribution is 5.61. The molecule has 106 valence electrons. The molecule has 0 amide bonds. The molecule has 0 bridgehead atoms. The van der Waals surface area contributed by atoms with Crippen LogP contribution in [0.15, 0.2) is 18.2 Å². The van der Waals surface area contributed by atoms with Crippen LogP contribution in [0, 0.1) is 0 Å². The van der Waals surface area contributed by atoms with Crippen molar-refractivity contribution in [1.29, 1.82) is 0 Å². The van der Waals surface area contributed by atoms with Crippen molar-refractivity contribution in [2.24, 2.45) is 5.73 Å². The molecule has 0 spiro atoms. The van der Waals surface area contributed by atoms with Crippen LogP contribution in [0.3, 0.4) is 0 Å². The Hall–Kier alpha value is -1.22. The Morgan fingerprint density at radius 1 is 1.26 bits per heavy atom. The van der Waals surface area contributed by atoms with E-state index in [2.05, 4.69) is 24.1 Å². The van der Waals surface area contributed by atoms with E-state index in [0.29, 0.717) is 6.04 Å². The molecule has 2 rings (SSSR count). The Balaban J connectivity index is 2.32. The number of benzene rings is 1. The molecule has 1 aliphatic carbocycles. The molecule has 0 aliphatic heterocycles. The number of ether oxygens (including phenoxy) is 1. The van der Waals surface area contributed by atoms with E-state index in [4.69, 9.17) is 10.5 Å². The van der Waals surface area contributed by atoms with Crippen molar-refractivity contribution < 1.29 is 4.74 Å². The van der Waals surface area contributed by atoms with Crippen LogP contribution in [0.25, 0.3) is 0 Å². The standard InChI is InChI=1S/C16H26N2O/c1-12(17)16-14(10-7-11-15(16)19-3)18(2)13-8-5-4-6-9-13/h7,10-13H,4-6,8-9,17H2,1-3H3/t12-/m0/s1. The molecule has 1 saturated carbocycles. The minimum Gasteiger partial charge on any atom is -0.496 e. The maximum atomic E-state index is 6.15. The van der Waals surface area contributed by atoms with Gasteiger partial charge in [-0.1, -0.05) is 25.3 Å². The number of hydrogen-bond acceptors (Lipinski definition) is 3. The molecule has 0 aromatic heterocycles. The summed E-state index contributed by atoms with van der Waals surface area (Å²) in [5, 5.41) is 0. The minimum atomic E-state index is -0.0165. The fourth-order valence-corrected chi connectivity index (χ4v) is 3.14. The summed E-state index contributed by atoms with van der Waals surface area (Å²) in [6, 6.07) is 6.84. The molecular formula is C16H26N2O. The molecule has 0 radical (unpaired) electrons. The maximum Gasteiger partial charge on any atom is 0.125 e. The number of methoxy groups -OCH3 is 1. The van der Waals surface area contributed by atoms with Gasteiger partial charge in [-0.2, -0.15) is 0 Å². The van der Waals surface area contributed by atoms with Crippen LogP contribution < -0.4 is 15.4 Å². The van der Waals surface area contributed by atoms with Gasteiger partial charge in [0.25, 0.3) is 0 Å². The largest absolute Gasteiger partial charge is 0.496 e. The first kappa shape index (κ1) is 14.2. The van der Waals surface area contributed by atoms with Crippen LogP contribution in [0.5, 0.6) is 5.75 Å². The number of nitrogens with two attached hydrogens (primary N) is 1. The van der Waals surface area contributed by atoms with E-state index in [1.807, 2.05) is 13.0 Å². The van der Waals surface area contributed by atoms with Crippen molar-refractivity contribution in [1.82, 2.24) is 0 Å². The van der Waals surface area contributed by atoms with Crippen molar-refractivity contribution in [3.05, 3.63) is 23.8 Å². The predicted octanol–water partition coefficient (Wildman–Crippen LogP) is 3.48. The Kier molecular flexibility index (Phi) is 4.70. The highest BCUT2D eigenvalue weighted by atomic mass is 16.5. The third-order valence-electron chi connectivity index (χ3n) is 4.22. The first-order valence-corrected chi connectivity index (χ1v) is 7.30. The summed E-state index contributed by atoms with van der Waals surface area (Å²) in [7, 11) is 3.91. The molecular weight excluding hydrogens is 236 g/mol. The molecule has 0 saturated heterocycles. The lowest BCUT2D eigenvalue weighted by atomic mass is 9.93. The number of anilines is 1. The molecule has 1 aromatic rings. The van der Waals surface area contributed by atoms with E-state index >= 15 is 0 Å². The lowest BCUT2D eigenvalue weighted by Gasteiger charge is -2.35. The summed E-state index contributed by atoms with van der Waals surface area (Å²) in [6.07, 6.45) is 6.62. The van der Waals surface area contributed by atoms with E-state index in [1.54, 1.807) is 7.11 Å². The number of rotatable bonds is 4. The quantitative estimate of drug-likeness (QED) is 0.902. The SMILES string of the molecule is COc1cccc(N(C)C2CCCCC2)c1[C@H](C)N. The van der Waals surface area contributed by atoms with Crippen molar-refractivity contribution >= 4 is 5.69 Å². The molecule has 0 unspecified atom stereocenters. The highest BCUT2D eigenvalue weighted by Crippen LogP contribution is 2.36. The second-order valence-electron chi connectivity index (χ2n) is 5.58. The van der Waals surface area contributed by atoms with Gasteiger partial charge in [0.05, 0.1) is 7.11 Å². The highest BCUT2D eigenvalue weighted by Gasteiger charge is 2.22. The van der Waals surface area contributed by atoms with Crippen LogP contribution in [0.4, 0.5) is 5.69 Å². The van der Waals surface area contributed by atoms with Gasteiger partial charge < -0.3 is 15.4 Å². The Labute approximate surface area is 116 Å². The molecule has 0 heterocycles. The average Bonchev–Trinajstić information content (AvgIpc) is 2.46. The molecule has 19 heavy (non-hydrogen) atoms. The van der Waals surface area contributed by atoms with Crippen LogP contribution in [0.2, 0.25) is 0 Å². The zero-order valence-electron chi connectivity index (χ0n) is 12.4. The summed E-state index contributed by atoms with van der Waals surface area (Å²) < 4.78 is 5.48. The van der Waals surface area contributed by atoms with Crippen molar-refractivity contribution in [3.8, 4) is 5.75 Å². The molecule has 2 N–H and O–H groups in total. The van der Waals surface area contributed by atoms with Crippen LogP contribution in [0.1, 0.15) is 50.6 Å². The molecule has 3 heteroatoms. The minimum absolute atomic E-state index is 0.0165. The lowest BCUT2D eigenvalue weighted by Crippen LogP contribution is -2.34. The third kappa shape index (κ3) is 3.03. The van der Waals surface area contributed by atoms with Gasteiger partial charge in [-0.05, 0) is 31.9 Å².